The Bertz CT molecular complexity index is 461. The van der Waals surface area contributed by atoms with Crippen LogP contribution in [0.25, 0.3) is 0 Å². The molecule has 3 nitrogen and oxygen atoms in total. The van der Waals surface area contributed by atoms with Crippen LogP contribution in [-0.2, 0) is 4.79 Å². The number of carbonyl (C=O) groups excluding carboxylic acids is 1. The fraction of sp³-hybridized carbons (Fsp3) is 0.500. The van der Waals surface area contributed by atoms with Gasteiger partial charge in [-0.15, -0.1) is 0 Å². The number of amides is 1. The van der Waals surface area contributed by atoms with Crippen molar-refractivity contribution in [3.05, 3.63) is 33.3 Å². The topological polar surface area (TPSA) is 55.1 Å². The Morgan fingerprint density at radius 1 is 1.37 bits per heavy atom. The van der Waals surface area contributed by atoms with Crippen molar-refractivity contribution in [1.82, 2.24) is 5.32 Å². The van der Waals surface area contributed by atoms with Crippen LogP contribution in [0.5, 0.6) is 0 Å². The minimum atomic E-state index is -0.448. The van der Waals surface area contributed by atoms with E-state index in [1.165, 1.54) is 19.3 Å². The van der Waals surface area contributed by atoms with Gasteiger partial charge in [0.25, 0.3) is 0 Å². The van der Waals surface area contributed by atoms with Gasteiger partial charge in [0.2, 0.25) is 5.91 Å². The number of benzene rings is 1. The standard InChI is InChI=1S/C14H18BrClN2O/c15-11-8-9(6-7-12(11)16)13(14(17)19)18-10-4-2-1-3-5-10/h6-8,10,13,18H,1-5H2,(H2,17,19). The predicted molar refractivity (Wildman–Crippen MR) is 81.1 cm³/mol. The van der Waals surface area contributed by atoms with Gasteiger partial charge in [0, 0.05) is 10.5 Å². The lowest BCUT2D eigenvalue weighted by Gasteiger charge is -2.27. The number of nitrogens with one attached hydrogen (secondary N) is 1. The molecule has 1 unspecified atom stereocenters. The van der Waals surface area contributed by atoms with E-state index in [4.69, 9.17) is 17.3 Å². The Morgan fingerprint density at radius 2 is 2.05 bits per heavy atom. The first-order valence-corrected chi connectivity index (χ1v) is 7.75. The molecule has 1 fully saturated rings. The van der Waals surface area contributed by atoms with E-state index in [9.17, 15) is 4.79 Å². The number of rotatable bonds is 4. The second-order valence-corrected chi connectivity index (χ2v) is 6.27. The van der Waals surface area contributed by atoms with Crippen molar-refractivity contribution in [3.8, 4) is 0 Å². The Balaban J connectivity index is 2.14. The number of primary amides is 1. The van der Waals surface area contributed by atoms with E-state index >= 15 is 0 Å². The van der Waals surface area contributed by atoms with E-state index in [2.05, 4.69) is 21.2 Å². The zero-order valence-corrected chi connectivity index (χ0v) is 13.0. The molecule has 1 aromatic carbocycles. The van der Waals surface area contributed by atoms with Gasteiger partial charge in [-0.1, -0.05) is 36.9 Å². The van der Waals surface area contributed by atoms with Gasteiger partial charge >= 0.3 is 0 Å². The summed E-state index contributed by atoms with van der Waals surface area (Å²) in [6, 6.07) is 5.41. The zero-order valence-electron chi connectivity index (χ0n) is 10.7. The highest BCUT2D eigenvalue weighted by atomic mass is 79.9. The van der Waals surface area contributed by atoms with Gasteiger partial charge in [-0.3, -0.25) is 10.1 Å². The number of hydrogen-bond acceptors (Lipinski definition) is 2. The molecule has 0 bridgehead atoms. The van der Waals surface area contributed by atoms with Crippen molar-refractivity contribution in [2.75, 3.05) is 0 Å². The van der Waals surface area contributed by atoms with E-state index < -0.39 is 6.04 Å². The highest BCUT2D eigenvalue weighted by Gasteiger charge is 2.23. The van der Waals surface area contributed by atoms with E-state index in [-0.39, 0.29) is 5.91 Å². The summed E-state index contributed by atoms with van der Waals surface area (Å²) in [5.74, 6) is -0.347. The number of carbonyl (C=O) groups is 1. The molecule has 0 spiro atoms. The number of hydrogen-bond donors (Lipinski definition) is 2. The second-order valence-electron chi connectivity index (χ2n) is 5.01. The molecule has 0 heterocycles. The first-order valence-electron chi connectivity index (χ1n) is 6.58. The summed E-state index contributed by atoms with van der Waals surface area (Å²) in [5.41, 5.74) is 6.38. The molecule has 1 atom stereocenters. The van der Waals surface area contributed by atoms with Gasteiger partial charge < -0.3 is 5.73 Å². The molecule has 3 N–H and O–H groups in total. The Morgan fingerprint density at radius 3 is 2.63 bits per heavy atom. The Kier molecular flexibility index (Phi) is 5.25. The molecule has 19 heavy (non-hydrogen) atoms. The van der Waals surface area contributed by atoms with Gasteiger partial charge in [-0.05, 0) is 46.5 Å². The summed E-state index contributed by atoms with van der Waals surface area (Å²) in [7, 11) is 0. The first kappa shape index (κ1) is 14.8. The fourth-order valence-electron chi connectivity index (χ4n) is 2.54. The molecular weight excluding hydrogens is 328 g/mol. The third-order valence-corrected chi connectivity index (χ3v) is 4.78. The maximum absolute atomic E-state index is 11.7. The Hall–Kier alpha value is -0.580. The van der Waals surface area contributed by atoms with Crippen LogP contribution < -0.4 is 11.1 Å². The van der Waals surface area contributed by atoms with Crippen LogP contribution in [0.2, 0.25) is 5.02 Å². The van der Waals surface area contributed by atoms with Crippen molar-refractivity contribution in [2.45, 2.75) is 44.2 Å². The SMILES string of the molecule is NC(=O)C(NC1CCCCC1)c1ccc(Cl)c(Br)c1. The highest BCUT2D eigenvalue weighted by molar-refractivity contribution is 9.10. The van der Waals surface area contributed by atoms with E-state index in [0.29, 0.717) is 11.1 Å². The molecule has 1 aliphatic rings. The van der Waals surface area contributed by atoms with Gasteiger partial charge in [0.15, 0.2) is 0 Å². The lowest BCUT2D eigenvalue weighted by Crippen LogP contribution is -2.40. The summed E-state index contributed by atoms with van der Waals surface area (Å²) in [5, 5.41) is 4.01. The molecule has 0 aromatic heterocycles. The van der Waals surface area contributed by atoms with Crippen LogP contribution in [0.3, 0.4) is 0 Å². The number of nitrogens with two attached hydrogens (primary N) is 1. The Labute approximate surface area is 127 Å². The van der Waals surface area contributed by atoms with E-state index in [1.54, 1.807) is 6.07 Å². The highest BCUT2D eigenvalue weighted by Crippen LogP contribution is 2.27. The van der Waals surface area contributed by atoms with Crippen LogP contribution >= 0.6 is 27.5 Å². The maximum Gasteiger partial charge on any atom is 0.239 e. The number of halogens is 2. The second kappa shape index (κ2) is 6.73. The van der Waals surface area contributed by atoms with Crippen molar-refractivity contribution in [3.63, 3.8) is 0 Å². The molecule has 2 rings (SSSR count). The molecule has 1 aromatic rings. The molecule has 1 saturated carbocycles. The van der Waals surface area contributed by atoms with Crippen LogP contribution in [0.4, 0.5) is 0 Å². The van der Waals surface area contributed by atoms with Crippen molar-refractivity contribution in [1.29, 1.82) is 0 Å². The molecule has 0 radical (unpaired) electrons. The normalized spacial score (nSPS) is 18.2. The van der Waals surface area contributed by atoms with Crippen LogP contribution in [-0.4, -0.2) is 11.9 Å². The summed E-state index contributed by atoms with van der Waals surface area (Å²) in [4.78, 5) is 11.7. The van der Waals surface area contributed by atoms with Gasteiger partial charge in [0.05, 0.1) is 5.02 Å². The maximum atomic E-state index is 11.7. The van der Waals surface area contributed by atoms with Crippen molar-refractivity contribution in [2.24, 2.45) is 5.73 Å². The third kappa shape index (κ3) is 3.94. The first-order chi connectivity index (χ1) is 9.08. The molecule has 0 saturated heterocycles. The lowest BCUT2D eigenvalue weighted by atomic mass is 9.94. The minimum absolute atomic E-state index is 0.347. The summed E-state index contributed by atoms with van der Waals surface area (Å²) in [6.07, 6.45) is 5.93. The van der Waals surface area contributed by atoms with Gasteiger partial charge in [-0.25, -0.2) is 0 Å². The predicted octanol–water partition coefficient (Wildman–Crippen LogP) is 3.55. The zero-order chi connectivity index (χ0) is 13.8. The molecule has 5 heteroatoms. The fourth-order valence-corrected chi connectivity index (χ4v) is 3.05. The molecule has 1 aliphatic carbocycles. The van der Waals surface area contributed by atoms with Gasteiger partial charge in [-0.2, -0.15) is 0 Å². The monoisotopic (exact) mass is 344 g/mol. The van der Waals surface area contributed by atoms with Crippen LogP contribution in [0.15, 0.2) is 22.7 Å². The lowest BCUT2D eigenvalue weighted by molar-refractivity contribution is -0.120. The average molecular weight is 346 g/mol. The summed E-state index contributed by atoms with van der Waals surface area (Å²) in [6.45, 7) is 0. The molecular formula is C14H18BrClN2O. The molecule has 1 amide bonds. The van der Waals surface area contributed by atoms with E-state index in [0.717, 1.165) is 22.9 Å². The largest absolute Gasteiger partial charge is 0.368 e. The van der Waals surface area contributed by atoms with Gasteiger partial charge in [0.1, 0.15) is 6.04 Å². The van der Waals surface area contributed by atoms with Crippen molar-refractivity contribution >= 4 is 33.4 Å². The minimum Gasteiger partial charge on any atom is -0.368 e. The molecule has 0 aliphatic heterocycles. The smallest absolute Gasteiger partial charge is 0.239 e. The summed E-state index contributed by atoms with van der Waals surface area (Å²) < 4.78 is 0.781. The van der Waals surface area contributed by atoms with E-state index in [1.807, 2.05) is 12.1 Å². The quantitative estimate of drug-likeness (QED) is 0.877. The van der Waals surface area contributed by atoms with Crippen LogP contribution in [0.1, 0.15) is 43.7 Å². The third-order valence-electron chi connectivity index (χ3n) is 3.57. The average Bonchev–Trinajstić information content (AvgIpc) is 2.40. The summed E-state index contributed by atoms with van der Waals surface area (Å²) >= 11 is 9.35. The molecule has 104 valence electrons. The van der Waals surface area contributed by atoms with Crippen LogP contribution in [0, 0.1) is 0 Å². The van der Waals surface area contributed by atoms with Crippen molar-refractivity contribution < 1.29 is 4.79 Å².